The summed E-state index contributed by atoms with van der Waals surface area (Å²) in [5, 5.41) is 1.01. The Hall–Kier alpha value is -2.67. The van der Waals surface area contributed by atoms with E-state index in [0.29, 0.717) is 24.8 Å². The van der Waals surface area contributed by atoms with Gasteiger partial charge in [-0.1, -0.05) is 12.1 Å². The molecular formula is C23H27N3O3S. The molecule has 158 valence electrons. The van der Waals surface area contributed by atoms with Crippen LogP contribution in [0.2, 0.25) is 0 Å². The minimum atomic E-state index is -3.18. The van der Waals surface area contributed by atoms with Crippen LogP contribution in [0.25, 0.3) is 22.2 Å². The Kier molecular flexibility index (Phi) is 4.65. The van der Waals surface area contributed by atoms with Crippen molar-refractivity contribution in [3.05, 3.63) is 42.5 Å². The molecule has 1 aliphatic heterocycles. The number of fused-ring (bicyclic) bond motifs is 1. The van der Waals surface area contributed by atoms with Gasteiger partial charge in [0.25, 0.3) is 0 Å². The largest absolute Gasteiger partial charge is 0.490 e. The van der Waals surface area contributed by atoms with Crippen LogP contribution in [0.15, 0.2) is 42.5 Å². The van der Waals surface area contributed by atoms with Crippen LogP contribution < -0.4 is 14.8 Å². The molecule has 2 aliphatic rings. The average molecular weight is 426 g/mol. The number of nitrogens with two attached hydrogens (primary N) is 1. The van der Waals surface area contributed by atoms with Gasteiger partial charge in [-0.05, 0) is 56.9 Å². The second kappa shape index (κ2) is 7.23. The number of nitrogens with zero attached hydrogens (tertiary/aromatic N) is 2. The highest BCUT2D eigenvalue weighted by atomic mass is 32.2. The fourth-order valence-electron chi connectivity index (χ4n) is 4.47. The summed E-state index contributed by atoms with van der Waals surface area (Å²) < 4.78 is 34.2. The standard InChI is InChI=1S/C23H27N3O3S/c1-2-25-21-15-19(29-18-5-3-6-18)11-12-20(21)22(24)23(25)16-7-9-17(10-8-16)26-13-4-14-30(26,27)28/h7-12,15,18H,2-6,13-14,24H2,1H3. The normalized spacial score (nSPS) is 18.6. The third-order valence-corrected chi connectivity index (χ3v) is 8.14. The maximum absolute atomic E-state index is 12.2. The Morgan fingerprint density at radius 1 is 1.10 bits per heavy atom. The van der Waals surface area contributed by atoms with Crippen LogP contribution in [0.3, 0.4) is 0 Å². The first-order valence-corrected chi connectivity index (χ1v) is 12.3. The van der Waals surface area contributed by atoms with Crippen molar-refractivity contribution in [3.63, 3.8) is 0 Å². The summed E-state index contributed by atoms with van der Waals surface area (Å²) in [6, 6.07) is 13.8. The van der Waals surface area contributed by atoms with Gasteiger partial charge in [0.2, 0.25) is 10.0 Å². The molecule has 5 rings (SSSR count). The van der Waals surface area contributed by atoms with Crippen LogP contribution in [0, 0.1) is 0 Å². The third-order valence-electron chi connectivity index (χ3n) is 6.27. The molecular weight excluding hydrogens is 398 g/mol. The van der Waals surface area contributed by atoms with E-state index in [9.17, 15) is 8.42 Å². The van der Waals surface area contributed by atoms with Crippen LogP contribution in [0.5, 0.6) is 5.75 Å². The molecule has 3 aromatic rings. The smallest absolute Gasteiger partial charge is 0.235 e. The quantitative estimate of drug-likeness (QED) is 0.658. The van der Waals surface area contributed by atoms with Crippen molar-refractivity contribution in [2.45, 2.75) is 45.3 Å². The molecule has 0 amide bonds. The van der Waals surface area contributed by atoms with E-state index >= 15 is 0 Å². The van der Waals surface area contributed by atoms with E-state index in [4.69, 9.17) is 10.5 Å². The fourth-order valence-corrected chi connectivity index (χ4v) is 6.03. The molecule has 2 aromatic carbocycles. The van der Waals surface area contributed by atoms with Crippen LogP contribution in [-0.2, 0) is 16.6 Å². The molecule has 0 atom stereocenters. The lowest BCUT2D eigenvalue weighted by atomic mass is 9.96. The highest BCUT2D eigenvalue weighted by Crippen LogP contribution is 2.39. The zero-order valence-electron chi connectivity index (χ0n) is 17.2. The van der Waals surface area contributed by atoms with Crippen LogP contribution in [0.4, 0.5) is 11.4 Å². The summed E-state index contributed by atoms with van der Waals surface area (Å²) in [7, 11) is -3.18. The van der Waals surface area contributed by atoms with Gasteiger partial charge < -0.3 is 15.0 Å². The number of aromatic nitrogens is 1. The summed E-state index contributed by atoms with van der Waals surface area (Å²) >= 11 is 0. The van der Waals surface area contributed by atoms with Crippen LogP contribution in [-0.4, -0.2) is 31.4 Å². The fraction of sp³-hybridized carbons (Fsp3) is 0.391. The maximum atomic E-state index is 12.2. The van der Waals surface area contributed by atoms with Gasteiger partial charge in [0, 0.05) is 30.1 Å². The van der Waals surface area contributed by atoms with E-state index in [0.717, 1.165) is 53.0 Å². The number of hydrogen-bond acceptors (Lipinski definition) is 4. The maximum Gasteiger partial charge on any atom is 0.235 e. The van der Waals surface area contributed by atoms with Gasteiger partial charge in [0.1, 0.15) is 5.75 Å². The molecule has 2 N–H and O–H groups in total. The zero-order valence-corrected chi connectivity index (χ0v) is 18.0. The van der Waals surface area contributed by atoms with Gasteiger partial charge in [0.05, 0.1) is 34.4 Å². The van der Waals surface area contributed by atoms with E-state index in [2.05, 4.69) is 17.6 Å². The second-order valence-electron chi connectivity index (χ2n) is 8.14. The molecule has 0 bridgehead atoms. The highest BCUT2D eigenvalue weighted by molar-refractivity contribution is 7.93. The molecule has 7 heteroatoms. The second-order valence-corrected chi connectivity index (χ2v) is 10.2. The van der Waals surface area contributed by atoms with Gasteiger partial charge in [-0.15, -0.1) is 0 Å². The molecule has 1 saturated carbocycles. The van der Waals surface area contributed by atoms with Crippen molar-refractivity contribution in [1.29, 1.82) is 0 Å². The van der Waals surface area contributed by atoms with E-state index in [1.807, 2.05) is 36.4 Å². The van der Waals surface area contributed by atoms with E-state index in [1.165, 1.54) is 10.7 Å². The monoisotopic (exact) mass is 425 g/mol. The molecule has 2 fully saturated rings. The molecule has 0 spiro atoms. The first kappa shape index (κ1) is 19.3. The van der Waals surface area contributed by atoms with Crippen molar-refractivity contribution < 1.29 is 13.2 Å². The number of nitrogen functional groups attached to an aromatic ring is 1. The molecule has 1 aliphatic carbocycles. The predicted molar refractivity (Wildman–Crippen MR) is 121 cm³/mol. The minimum absolute atomic E-state index is 0.219. The Morgan fingerprint density at radius 3 is 2.47 bits per heavy atom. The Bertz CT molecular complexity index is 1190. The van der Waals surface area contributed by atoms with Gasteiger partial charge in [-0.2, -0.15) is 0 Å². The lowest BCUT2D eigenvalue weighted by Gasteiger charge is -2.26. The number of rotatable bonds is 5. The zero-order chi connectivity index (χ0) is 20.9. The molecule has 2 heterocycles. The molecule has 30 heavy (non-hydrogen) atoms. The lowest BCUT2D eigenvalue weighted by molar-refractivity contribution is 0.120. The summed E-state index contributed by atoms with van der Waals surface area (Å²) in [4.78, 5) is 0. The van der Waals surface area contributed by atoms with Gasteiger partial charge in [-0.25, -0.2) is 8.42 Å². The Morgan fingerprint density at radius 2 is 1.87 bits per heavy atom. The predicted octanol–water partition coefficient (Wildman–Crippen LogP) is 4.38. The van der Waals surface area contributed by atoms with Crippen molar-refractivity contribution in [1.82, 2.24) is 4.57 Å². The summed E-state index contributed by atoms with van der Waals surface area (Å²) in [5.74, 6) is 1.11. The van der Waals surface area contributed by atoms with E-state index < -0.39 is 10.0 Å². The third kappa shape index (κ3) is 3.12. The summed E-state index contributed by atoms with van der Waals surface area (Å²) in [6.45, 7) is 3.42. The SMILES string of the molecule is CCn1c(-c2ccc(N3CCCS3(=O)=O)cc2)c(N)c2ccc(OC3CCC3)cc21. The number of hydrogen-bond donors (Lipinski definition) is 1. The summed E-state index contributed by atoms with van der Waals surface area (Å²) in [5.41, 5.74) is 11.0. The topological polar surface area (TPSA) is 77.6 Å². The summed E-state index contributed by atoms with van der Waals surface area (Å²) in [6.07, 6.45) is 4.49. The molecule has 1 aromatic heterocycles. The van der Waals surface area contributed by atoms with Crippen LogP contribution in [0.1, 0.15) is 32.6 Å². The number of aryl methyl sites for hydroxylation is 1. The van der Waals surface area contributed by atoms with Gasteiger partial charge >= 0.3 is 0 Å². The Balaban J connectivity index is 1.54. The number of benzene rings is 2. The highest BCUT2D eigenvalue weighted by Gasteiger charge is 2.28. The van der Waals surface area contributed by atoms with Crippen molar-refractivity contribution in [2.24, 2.45) is 0 Å². The number of ether oxygens (including phenoxy) is 1. The van der Waals surface area contributed by atoms with Gasteiger partial charge in [-0.3, -0.25) is 4.31 Å². The van der Waals surface area contributed by atoms with Crippen LogP contribution >= 0.6 is 0 Å². The van der Waals surface area contributed by atoms with Gasteiger partial charge in [0.15, 0.2) is 0 Å². The van der Waals surface area contributed by atoms with Crippen molar-refractivity contribution in [3.8, 4) is 17.0 Å². The molecule has 6 nitrogen and oxygen atoms in total. The average Bonchev–Trinajstić information content (AvgIpc) is 3.20. The first-order chi connectivity index (χ1) is 14.5. The molecule has 0 radical (unpaired) electrons. The minimum Gasteiger partial charge on any atom is -0.490 e. The van der Waals surface area contributed by atoms with Crippen molar-refractivity contribution in [2.75, 3.05) is 22.3 Å². The van der Waals surface area contributed by atoms with E-state index in [-0.39, 0.29) is 5.75 Å². The number of sulfonamides is 1. The van der Waals surface area contributed by atoms with Crippen molar-refractivity contribution >= 4 is 32.3 Å². The molecule has 1 saturated heterocycles. The lowest BCUT2D eigenvalue weighted by Crippen LogP contribution is -2.24. The number of anilines is 2. The van der Waals surface area contributed by atoms with E-state index in [1.54, 1.807) is 0 Å². The first-order valence-electron chi connectivity index (χ1n) is 10.7. The molecule has 0 unspecified atom stereocenters. The Labute approximate surface area is 177 Å².